The monoisotopic (exact) mass is 580 g/mol. The van der Waals surface area contributed by atoms with Gasteiger partial charge in [0.25, 0.3) is 11.1 Å². The molecule has 4 aromatic rings. The molecule has 0 bridgehead atoms. The van der Waals surface area contributed by atoms with Crippen molar-refractivity contribution in [3.8, 4) is 17.3 Å². The molecule has 41 heavy (non-hydrogen) atoms. The predicted molar refractivity (Wildman–Crippen MR) is 133 cm³/mol. The van der Waals surface area contributed by atoms with E-state index < -0.39 is 57.7 Å². The van der Waals surface area contributed by atoms with Gasteiger partial charge in [-0.3, -0.25) is 14.6 Å². The highest BCUT2D eigenvalue weighted by molar-refractivity contribution is 5.87. The van der Waals surface area contributed by atoms with Crippen molar-refractivity contribution in [2.45, 2.75) is 44.7 Å². The van der Waals surface area contributed by atoms with Gasteiger partial charge < -0.3 is 9.88 Å². The maximum atomic E-state index is 15.0. The number of rotatable bonds is 7. The van der Waals surface area contributed by atoms with Crippen LogP contribution in [-0.4, -0.2) is 25.8 Å². The number of benzene rings is 1. The maximum absolute atomic E-state index is 15.0. The summed E-state index contributed by atoms with van der Waals surface area (Å²) in [6, 6.07) is 5.22. The summed E-state index contributed by atoms with van der Waals surface area (Å²) in [5.41, 5.74) is -6.07. The number of aromatic nitrogens is 4. The topological polar surface area (TPSA) is 116 Å². The molecular formula is C26H19F7N6O2. The molecule has 0 aliphatic rings. The average molecular weight is 580 g/mol. The number of nitrogens with zero attached hydrogens (tertiary/aromatic N) is 4. The van der Waals surface area contributed by atoms with E-state index in [0.717, 1.165) is 12.3 Å². The standard InChI is InChI=1S/C26H19F7N6O2/c1-13(37-20-12-36-38-23(40)21(20)26(31,32)33)3-2-5-39-6-4-14-8-18(19(27)9-17(14)24(39)41)22-15(10-34)7-16(11-35-22)25(28,29)30/h4,6-9,11-13H,2-3,5H2,1H3,(H2,37,38,40). The molecule has 0 aliphatic heterocycles. The van der Waals surface area contributed by atoms with Crippen LogP contribution in [-0.2, 0) is 18.9 Å². The second kappa shape index (κ2) is 11.0. The minimum absolute atomic E-state index is 0.0326. The summed E-state index contributed by atoms with van der Waals surface area (Å²) in [7, 11) is 0. The van der Waals surface area contributed by atoms with Gasteiger partial charge in [-0.05, 0) is 49.4 Å². The second-order valence-corrected chi connectivity index (χ2v) is 9.14. The zero-order chi connectivity index (χ0) is 30.1. The van der Waals surface area contributed by atoms with Gasteiger partial charge >= 0.3 is 12.4 Å². The first-order valence-electron chi connectivity index (χ1n) is 11.9. The van der Waals surface area contributed by atoms with Crippen LogP contribution in [0.4, 0.5) is 36.4 Å². The summed E-state index contributed by atoms with van der Waals surface area (Å²) >= 11 is 0. The first kappa shape index (κ1) is 29.2. The van der Waals surface area contributed by atoms with Crippen LogP contribution in [0.25, 0.3) is 22.0 Å². The minimum atomic E-state index is -4.90. The van der Waals surface area contributed by atoms with E-state index >= 15 is 4.39 Å². The third-order valence-electron chi connectivity index (χ3n) is 6.23. The largest absolute Gasteiger partial charge is 0.423 e. The molecule has 1 aromatic carbocycles. The lowest BCUT2D eigenvalue weighted by Gasteiger charge is -2.18. The Morgan fingerprint density at radius 2 is 1.83 bits per heavy atom. The number of H-pyrrole nitrogens is 1. The minimum Gasteiger partial charge on any atom is -0.381 e. The number of aryl methyl sites for hydroxylation is 1. The molecule has 1 unspecified atom stereocenters. The molecule has 0 amide bonds. The molecule has 0 aliphatic carbocycles. The second-order valence-electron chi connectivity index (χ2n) is 9.14. The van der Waals surface area contributed by atoms with Crippen LogP contribution < -0.4 is 16.4 Å². The Morgan fingerprint density at radius 3 is 2.49 bits per heavy atom. The zero-order valence-electron chi connectivity index (χ0n) is 21.0. The molecule has 15 heteroatoms. The number of nitrogens with one attached hydrogen (secondary N) is 2. The predicted octanol–water partition coefficient (Wildman–Crippen LogP) is 5.48. The van der Waals surface area contributed by atoms with Gasteiger partial charge in [-0.25, -0.2) is 9.49 Å². The van der Waals surface area contributed by atoms with Crippen molar-refractivity contribution in [2.75, 3.05) is 5.32 Å². The summed E-state index contributed by atoms with van der Waals surface area (Å²) in [6.45, 7) is 1.72. The van der Waals surface area contributed by atoms with Crippen LogP contribution >= 0.6 is 0 Å². The lowest BCUT2D eigenvalue weighted by molar-refractivity contribution is -0.138. The first-order chi connectivity index (χ1) is 19.2. The highest BCUT2D eigenvalue weighted by Gasteiger charge is 2.37. The van der Waals surface area contributed by atoms with Gasteiger partial charge in [0.2, 0.25) is 0 Å². The fourth-order valence-electron chi connectivity index (χ4n) is 4.28. The van der Waals surface area contributed by atoms with Crippen molar-refractivity contribution >= 4 is 16.5 Å². The lowest BCUT2D eigenvalue weighted by Crippen LogP contribution is -2.27. The van der Waals surface area contributed by atoms with E-state index in [1.807, 2.05) is 0 Å². The molecule has 0 radical (unpaired) electrons. The van der Waals surface area contributed by atoms with E-state index in [1.54, 1.807) is 18.1 Å². The Balaban J connectivity index is 1.52. The smallest absolute Gasteiger partial charge is 0.381 e. The van der Waals surface area contributed by atoms with E-state index in [9.17, 15) is 41.2 Å². The fourth-order valence-corrected chi connectivity index (χ4v) is 4.28. The molecule has 3 heterocycles. The number of nitriles is 1. The molecule has 3 aromatic heterocycles. The molecule has 0 saturated heterocycles. The number of hydrogen-bond acceptors (Lipinski definition) is 6. The van der Waals surface area contributed by atoms with E-state index in [1.165, 1.54) is 22.9 Å². The number of hydrogen-bond donors (Lipinski definition) is 2. The third-order valence-corrected chi connectivity index (χ3v) is 6.23. The highest BCUT2D eigenvalue weighted by atomic mass is 19.4. The average Bonchev–Trinajstić information content (AvgIpc) is 2.88. The van der Waals surface area contributed by atoms with Crippen molar-refractivity contribution in [1.82, 2.24) is 19.7 Å². The van der Waals surface area contributed by atoms with Crippen molar-refractivity contribution in [3.63, 3.8) is 0 Å². The number of halogens is 7. The SMILES string of the molecule is CC(CCCn1ccc2cc(-c3ncc(C(F)(F)F)cc3C#N)c(F)cc2c1=O)Nc1cn[nH]c(=O)c1C(F)(F)F. The third kappa shape index (κ3) is 6.21. The molecule has 2 N–H and O–H groups in total. The number of pyridine rings is 2. The normalized spacial score (nSPS) is 12.8. The molecule has 0 spiro atoms. The lowest BCUT2D eigenvalue weighted by atomic mass is 10.0. The Bertz CT molecular complexity index is 1770. The van der Waals surface area contributed by atoms with E-state index in [4.69, 9.17) is 0 Å². The van der Waals surface area contributed by atoms with Gasteiger partial charge in [-0.2, -0.15) is 36.7 Å². The van der Waals surface area contributed by atoms with Crippen molar-refractivity contribution in [2.24, 2.45) is 0 Å². The van der Waals surface area contributed by atoms with Gasteiger partial charge in [0.05, 0.1) is 34.1 Å². The highest BCUT2D eigenvalue weighted by Crippen LogP contribution is 2.34. The van der Waals surface area contributed by atoms with Crippen LogP contribution in [0.1, 0.15) is 36.5 Å². The van der Waals surface area contributed by atoms with Crippen LogP contribution in [0.3, 0.4) is 0 Å². The van der Waals surface area contributed by atoms with Crippen LogP contribution in [0.2, 0.25) is 0 Å². The van der Waals surface area contributed by atoms with Gasteiger partial charge in [-0.1, -0.05) is 0 Å². The summed E-state index contributed by atoms with van der Waals surface area (Å²) in [5, 5.41) is 17.3. The molecule has 8 nitrogen and oxygen atoms in total. The number of aromatic amines is 1. The van der Waals surface area contributed by atoms with Crippen LogP contribution in [0, 0.1) is 17.1 Å². The van der Waals surface area contributed by atoms with Gasteiger partial charge in [0.1, 0.15) is 17.4 Å². The summed E-state index contributed by atoms with van der Waals surface area (Å²) in [4.78, 5) is 28.2. The van der Waals surface area contributed by atoms with Crippen molar-refractivity contribution in [3.05, 3.63) is 86.1 Å². The number of fused-ring (bicyclic) bond motifs is 1. The van der Waals surface area contributed by atoms with Gasteiger partial charge in [0.15, 0.2) is 0 Å². The summed E-state index contributed by atoms with van der Waals surface area (Å²) in [5.74, 6) is -0.971. The molecule has 4 rings (SSSR count). The summed E-state index contributed by atoms with van der Waals surface area (Å²) < 4.78 is 95.0. The van der Waals surface area contributed by atoms with E-state index in [-0.39, 0.29) is 28.6 Å². The van der Waals surface area contributed by atoms with Crippen LogP contribution in [0.5, 0.6) is 0 Å². The number of alkyl halides is 6. The maximum Gasteiger partial charge on any atom is 0.423 e. The van der Waals surface area contributed by atoms with E-state index in [0.29, 0.717) is 25.1 Å². The first-order valence-corrected chi connectivity index (χ1v) is 11.9. The van der Waals surface area contributed by atoms with Crippen molar-refractivity contribution in [1.29, 1.82) is 5.26 Å². The molecule has 0 fully saturated rings. The quantitative estimate of drug-likeness (QED) is 0.280. The number of anilines is 1. The summed E-state index contributed by atoms with van der Waals surface area (Å²) in [6.07, 6.45) is -6.27. The Labute approximate surface area is 226 Å². The molecule has 0 saturated carbocycles. The van der Waals surface area contributed by atoms with E-state index in [2.05, 4.69) is 15.4 Å². The van der Waals surface area contributed by atoms with Crippen molar-refractivity contribution < 1.29 is 30.7 Å². The molecular weight excluding hydrogens is 561 g/mol. The Kier molecular flexibility index (Phi) is 7.87. The van der Waals surface area contributed by atoms with Gasteiger partial charge in [0, 0.05) is 30.5 Å². The fraction of sp³-hybridized carbons (Fsp3) is 0.269. The zero-order valence-corrected chi connectivity index (χ0v) is 21.0. The van der Waals surface area contributed by atoms with Gasteiger partial charge in [-0.15, -0.1) is 0 Å². The van der Waals surface area contributed by atoms with Crippen LogP contribution in [0.15, 0.2) is 52.4 Å². The Morgan fingerprint density at radius 1 is 1.10 bits per heavy atom. The molecule has 214 valence electrons. The molecule has 1 atom stereocenters. The Hall–Kier alpha value is -4.74.